The van der Waals surface area contributed by atoms with Gasteiger partial charge in [0, 0.05) is 26.1 Å². The number of carboxylic acids is 1. The number of carbonyl (C=O) groups excluding carboxylic acids is 2. The fourth-order valence-electron chi connectivity index (χ4n) is 3.64. The van der Waals surface area contributed by atoms with Crippen molar-refractivity contribution in [2.75, 3.05) is 13.1 Å². The number of benzene rings is 1. The van der Waals surface area contributed by atoms with Crippen molar-refractivity contribution >= 4 is 17.9 Å². The van der Waals surface area contributed by atoms with Crippen LogP contribution in [0.25, 0.3) is 0 Å². The van der Waals surface area contributed by atoms with Gasteiger partial charge in [0.1, 0.15) is 5.82 Å². The van der Waals surface area contributed by atoms with Crippen LogP contribution in [0.15, 0.2) is 24.3 Å². The third-order valence-electron chi connectivity index (χ3n) is 5.02. The van der Waals surface area contributed by atoms with Crippen LogP contribution in [0.2, 0.25) is 0 Å². The van der Waals surface area contributed by atoms with Gasteiger partial charge in [-0.05, 0) is 30.5 Å². The molecule has 134 valence electrons. The van der Waals surface area contributed by atoms with Crippen LogP contribution in [0.3, 0.4) is 0 Å². The van der Waals surface area contributed by atoms with Gasteiger partial charge >= 0.3 is 12.0 Å². The Hall–Kier alpha value is -2.64. The van der Waals surface area contributed by atoms with E-state index in [1.807, 2.05) is 0 Å². The summed E-state index contributed by atoms with van der Waals surface area (Å²) in [6.07, 6.45) is 0.799. The SMILES string of the molecule is O=C1CC(C(=O)O)C2(CCN(C(=O)NCc3cccc(F)c3)CC2)N1. The van der Waals surface area contributed by atoms with E-state index in [9.17, 15) is 23.9 Å². The van der Waals surface area contributed by atoms with E-state index in [-0.39, 0.29) is 30.7 Å². The molecule has 3 amide bonds. The van der Waals surface area contributed by atoms with Crippen molar-refractivity contribution in [2.24, 2.45) is 5.92 Å². The molecule has 0 saturated carbocycles. The molecule has 25 heavy (non-hydrogen) atoms. The van der Waals surface area contributed by atoms with Gasteiger partial charge in [0.05, 0.1) is 11.5 Å². The van der Waals surface area contributed by atoms with Gasteiger partial charge in [-0.3, -0.25) is 9.59 Å². The molecule has 3 N–H and O–H groups in total. The lowest BCUT2D eigenvalue weighted by Gasteiger charge is -2.41. The highest BCUT2D eigenvalue weighted by Gasteiger charge is 2.51. The van der Waals surface area contributed by atoms with Gasteiger partial charge in [0.2, 0.25) is 5.91 Å². The summed E-state index contributed by atoms with van der Waals surface area (Å²) in [4.78, 5) is 36.9. The molecule has 1 aromatic carbocycles. The number of carboxylic acid groups (broad SMARTS) is 1. The lowest BCUT2D eigenvalue weighted by molar-refractivity contribution is -0.144. The fourth-order valence-corrected chi connectivity index (χ4v) is 3.64. The van der Waals surface area contributed by atoms with Gasteiger partial charge in [-0.2, -0.15) is 0 Å². The Morgan fingerprint density at radius 2 is 2.08 bits per heavy atom. The maximum absolute atomic E-state index is 13.1. The van der Waals surface area contributed by atoms with Crippen molar-refractivity contribution in [3.05, 3.63) is 35.6 Å². The number of halogens is 1. The molecule has 1 atom stereocenters. The molecule has 2 heterocycles. The highest BCUT2D eigenvalue weighted by Crippen LogP contribution is 2.36. The Morgan fingerprint density at radius 3 is 2.72 bits per heavy atom. The van der Waals surface area contributed by atoms with Crippen molar-refractivity contribution in [2.45, 2.75) is 31.3 Å². The van der Waals surface area contributed by atoms with Crippen molar-refractivity contribution < 1.29 is 23.9 Å². The minimum atomic E-state index is -0.984. The van der Waals surface area contributed by atoms with E-state index < -0.39 is 17.4 Å². The molecule has 3 rings (SSSR count). The molecule has 1 unspecified atom stereocenters. The summed E-state index contributed by atoms with van der Waals surface area (Å²) in [7, 11) is 0. The van der Waals surface area contributed by atoms with Crippen LogP contribution in [-0.2, 0) is 16.1 Å². The normalized spacial score (nSPS) is 21.9. The van der Waals surface area contributed by atoms with Gasteiger partial charge in [-0.25, -0.2) is 9.18 Å². The van der Waals surface area contributed by atoms with Crippen LogP contribution in [0.4, 0.5) is 9.18 Å². The standard InChI is InChI=1S/C17H20FN3O4/c18-12-3-1-2-11(8-12)10-19-16(25)21-6-4-17(5-7-21)13(15(23)24)9-14(22)20-17/h1-3,8,13H,4-7,9-10H2,(H,19,25)(H,20,22)(H,23,24). The van der Waals surface area contributed by atoms with Crippen LogP contribution in [0, 0.1) is 11.7 Å². The average molecular weight is 349 g/mol. The molecule has 2 aliphatic heterocycles. The average Bonchev–Trinajstić information content (AvgIpc) is 2.89. The molecule has 7 nitrogen and oxygen atoms in total. The Labute approximate surface area is 144 Å². The highest BCUT2D eigenvalue weighted by molar-refractivity contribution is 5.88. The zero-order valence-electron chi connectivity index (χ0n) is 13.6. The Bertz CT molecular complexity index is 701. The first-order valence-corrected chi connectivity index (χ1v) is 8.21. The molecule has 0 aromatic heterocycles. The molecular formula is C17H20FN3O4. The second kappa shape index (κ2) is 6.70. The molecule has 0 aliphatic carbocycles. The number of nitrogens with one attached hydrogen (secondary N) is 2. The second-order valence-corrected chi connectivity index (χ2v) is 6.57. The van der Waals surface area contributed by atoms with E-state index in [4.69, 9.17) is 0 Å². The highest BCUT2D eigenvalue weighted by atomic mass is 19.1. The molecule has 2 saturated heterocycles. The van der Waals surface area contributed by atoms with Crippen molar-refractivity contribution in [3.63, 3.8) is 0 Å². The van der Waals surface area contributed by atoms with Gasteiger partial charge in [-0.1, -0.05) is 12.1 Å². The zero-order valence-corrected chi connectivity index (χ0v) is 13.6. The van der Waals surface area contributed by atoms with E-state index in [1.165, 1.54) is 12.1 Å². The van der Waals surface area contributed by atoms with Crippen molar-refractivity contribution in [1.82, 2.24) is 15.5 Å². The van der Waals surface area contributed by atoms with E-state index in [0.717, 1.165) is 0 Å². The zero-order chi connectivity index (χ0) is 18.0. The van der Waals surface area contributed by atoms with E-state index >= 15 is 0 Å². The van der Waals surface area contributed by atoms with Crippen molar-refractivity contribution in [3.8, 4) is 0 Å². The number of hydrogen-bond acceptors (Lipinski definition) is 3. The number of hydrogen-bond donors (Lipinski definition) is 3. The Kier molecular flexibility index (Phi) is 4.61. The van der Waals surface area contributed by atoms with Gasteiger partial charge in [0.15, 0.2) is 0 Å². The molecule has 2 fully saturated rings. The number of amides is 3. The molecule has 1 aromatic rings. The first kappa shape index (κ1) is 17.2. The molecular weight excluding hydrogens is 329 g/mol. The lowest BCUT2D eigenvalue weighted by Crippen LogP contribution is -2.57. The van der Waals surface area contributed by atoms with Crippen LogP contribution >= 0.6 is 0 Å². The number of rotatable bonds is 3. The first-order valence-electron chi connectivity index (χ1n) is 8.21. The van der Waals surface area contributed by atoms with Crippen LogP contribution in [-0.4, -0.2) is 46.5 Å². The first-order chi connectivity index (χ1) is 11.9. The van der Waals surface area contributed by atoms with E-state index in [0.29, 0.717) is 31.5 Å². The fraction of sp³-hybridized carbons (Fsp3) is 0.471. The summed E-state index contributed by atoms with van der Waals surface area (Å²) in [5.41, 5.74) is -0.0988. The third-order valence-corrected chi connectivity index (χ3v) is 5.02. The molecule has 1 spiro atoms. The quantitative estimate of drug-likeness (QED) is 0.761. The number of urea groups is 1. The monoisotopic (exact) mass is 349 g/mol. The summed E-state index contributed by atoms with van der Waals surface area (Å²) in [6.45, 7) is 0.935. The minimum Gasteiger partial charge on any atom is -0.481 e. The molecule has 0 bridgehead atoms. The summed E-state index contributed by atoms with van der Waals surface area (Å²) < 4.78 is 13.1. The topological polar surface area (TPSA) is 98.7 Å². The molecule has 2 aliphatic rings. The predicted molar refractivity (Wildman–Crippen MR) is 86.1 cm³/mol. The maximum Gasteiger partial charge on any atom is 0.317 e. The predicted octanol–water partition coefficient (Wildman–Crippen LogP) is 1.09. The maximum atomic E-state index is 13.1. The van der Waals surface area contributed by atoms with E-state index in [2.05, 4.69) is 10.6 Å². The number of likely N-dealkylation sites (tertiary alicyclic amines) is 1. The number of piperidine rings is 1. The third kappa shape index (κ3) is 3.57. The van der Waals surface area contributed by atoms with Crippen LogP contribution in [0.1, 0.15) is 24.8 Å². The molecule has 8 heteroatoms. The number of nitrogens with zero attached hydrogens (tertiary/aromatic N) is 1. The second-order valence-electron chi connectivity index (χ2n) is 6.57. The summed E-state index contributed by atoms with van der Waals surface area (Å²) in [5.74, 6) is -2.35. The molecule has 0 radical (unpaired) electrons. The summed E-state index contributed by atoms with van der Waals surface area (Å²) in [5, 5.41) is 14.9. The Morgan fingerprint density at radius 1 is 1.36 bits per heavy atom. The number of aliphatic carboxylic acids is 1. The number of carbonyl (C=O) groups is 3. The van der Waals surface area contributed by atoms with Crippen molar-refractivity contribution in [1.29, 1.82) is 0 Å². The van der Waals surface area contributed by atoms with Gasteiger partial charge < -0.3 is 20.6 Å². The summed E-state index contributed by atoms with van der Waals surface area (Å²) in [6, 6.07) is 5.72. The smallest absolute Gasteiger partial charge is 0.317 e. The summed E-state index contributed by atoms with van der Waals surface area (Å²) >= 11 is 0. The van der Waals surface area contributed by atoms with E-state index in [1.54, 1.807) is 17.0 Å². The van der Waals surface area contributed by atoms with Crippen LogP contribution in [0.5, 0.6) is 0 Å². The van der Waals surface area contributed by atoms with Crippen LogP contribution < -0.4 is 10.6 Å². The lowest BCUT2D eigenvalue weighted by atomic mass is 9.78. The Balaban J connectivity index is 1.56. The largest absolute Gasteiger partial charge is 0.481 e. The van der Waals surface area contributed by atoms with Gasteiger partial charge in [-0.15, -0.1) is 0 Å². The van der Waals surface area contributed by atoms with Gasteiger partial charge in [0.25, 0.3) is 0 Å². The minimum absolute atomic E-state index is 0.0128.